The van der Waals surface area contributed by atoms with E-state index in [2.05, 4.69) is 59.4 Å². The fourth-order valence-electron chi connectivity index (χ4n) is 9.38. The number of allylic oxidation sites excluding steroid dienone is 5. The Morgan fingerprint density at radius 3 is 2.58 bits per heavy atom. The van der Waals surface area contributed by atoms with Crippen molar-refractivity contribution >= 4 is 0 Å². The molecule has 186 valence electrons. The predicted octanol–water partition coefficient (Wildman–Crippen LogP) is 10.2. The number of hydrogen-bond donors (Lipinski definition) is 0. The van der Waals surface area contributed by atoms with Crippen LogP contribution in [0.2, 0.25) is 0 Å². The van der Waals surface area contributed by atoms with Crippen molar-refractivity contribution in [2.45, 2.75) is 118 Å². The van der Waals surface area contributed by atoms with Gasteiger partial charge in [0.2, 0.25) is 0 Å². The lowest BCUT2D eigenvalue weighted by atomic mass is 9.46. The van der Waals surface area contributed by atoms with Crippen LogP contribution < -0.4 is 0 Å². The zero-order chi connectivity index (χ0) is 23.6. The average Bonchev–Trinajstić information content (AvgIpc) is 3.14. The molecule has 0 bridgehead atoms. The summed E-state index contributed by atoms with van der Waals surface area (Å²) in [5.74, 6) is 6.44. The molecule has 0 saturated heterocycles. The van der Waals surface area contributed by atoms with Gasteiger partial charge in [-0.15, -0.1) is 6.58 Å². The van der Waals surface area contributed by atoms with E-state index in [1.165, 1.54) is 77.0 Å². The Morgan fingerprint density at radius 2 is 1.82 bits per heavy atom. The number of hydrogen-bond acceptors (Lipinski definition) is 0. The minimum atomic E-state index is 0.497. The highest BCUT2D eigenvalue weighted by atomic mass is 14.6. The lowest BCUT2D eigenvalue weighted by Gasteiger charge is -2.58. The smallest absolute Gasteiger partial charge is 0.00849 e. The number of rotatable bonds is 9. The lowest BCUT2D eigenvalue weighted by Crippen LogP contribution is -2.50. The minimum Gasteiger partial charge on any atom is -0.103 e. The van der Waals surface area contributed by atoms with Gasteiger partial charge in [-0.2, -0.15) is 0 Å². The van der Waals surface area contributed by atoms with Crippen molar-refractivity contribution in [3.05, 3.63) is 36.5 Å². The molecule has 8 atom stereocenters. The third kappa shape index (κ3) is 4.97. The van der Waals surface area contributed by atoms with Crippen LogP contribution in [0.3, 0.4) is 0 Å². The predicted molar refractivity (Wildman–Crippen MR) is 145 cm³/mol. The van der Waals surface area contributed by atoms with Gasteiger partial charge in [0.05, 0.1) is 0 Å². The van der Waals surface area contributed by atoms with Crippen molar-refractivity contribution in [2.75, 3.05) is 0 Å². The van der Waals surface area contributed by atoms with E-state index in [4.69, 9.17) is 0 Å². The molecule has 0 radical (unpaired) electrons. The van der Waals surface area contributed by atoms with Gasteiger partial charge in [-0.1, -0.05) is 83.8 Å². The lowest BCUT2D eigenvalue weighted by molar-refractivity contribution is -0.0516. The largest absolute Gasteiger partial charge is 0.103 e. The quantitative estimate of drug-likeness (QED) is 0.242. The van der Waals surface area contributed by atoms with Crippen molar-refractivity contribution in [3.8, 4) is 0 Å². The molecule has 3 fully saturated rings. The molecule has 0 unspecified atom stereocenters. The van der Waals surface area contributed by atoms with Gasteiger partial charge in [0.25, 0.3) is 0 Å². The fraction of sp³-hybridized carbons (Fsp3) is 0.818. The molecule has 33 heavy (non-hydrogen) atoms. The van der Waals surface area contributed by atoms with Crippen molar-refractivity contribution in [2.24, 2.45) is 52.3 Å². The van der Waals surface area contributed by atoms with E-state index in [0.717, 1.165) is 47.8 Å². The molecule has 0 heteroatoms. The summed E-state index contributed by atoms with van der Waals surface area (Å²) in [4.78, 5) is 0. The summed E-state index contributed by atoms with van der Waals surface area (Å²) in [6.07, 6.45) is 27.9. The van der Waals surface area contributed by atoms with Gasteiger partial charge in [-0.3, -0.25) is 0 Å². The first-order chi connectivity index (χ1) is 15.8. The average molecular weight is 451 g/mol. The van der Waals surface area contributed by atoms with Gasteiger partial charge in [-0.25, -0.2) is 0 Å². The van der Waals surface area contributed by atoms with E-state index in [1.807, 2.05) is 11.6 Å². The molecule has 0 aromatic carbocycles. The zero-order valence-electron chi connectivity index (χ0n) is 22.8. The van der Waals surface area contributed by atoms with E-state index in [0.29, 0.717) is 10.8 Å². The summed E-state index contributed by atoms with van der Waals surface area (Å²) in [5, 5.41) is 0. The molecule has 0 heterocycles. The number of unbranched alkanes of at least 4 members (excludes halogenated alkanes) is 1. The standard InChI is InChI=1S/C33H54/c1-7-8-9-10-14-26-19-21-32(5)27(23-26)15-16-28-30-18-17-29(25(4)13-11-12-24(2)3)33(30,6)22-20-31(28)32/h7,10,14-15,24-26,28-31H,1,8-9,11-13,16-23H2,2-6H3/b14-10+/t25-,26+,28+,29-,30+,31+,32+,33-/m1/s1. The van der Waals surface area contributed by atoms with Gasteiger partial charge in [-0.05, 0) is 116 Å². The Labute approximate surface area is 206 Å². The first-order valence-corrected chi connectivity index (χ1v) is 14.8. The van der Waals surface area contributed by atoms with Crippen LogP contribution in [-0.4, -0.2) is 0 Å². The summed E-state index contributed by atoms with van der Waals surface area (Å²) in [7, 11) is 0. The van der Waals surface area contributed by atoms with Gasteiger partial charge in [0.1, 0.15) is 0 Å². The molecule has 3 saturated carbocycles. The third-order valence-corrected chi connectivity index (χ3v) is 11.3. The van der Waals surface area contributed by atoms with Crippen molar-refractivity contribution in [1.82, 2.24) is 0 Å². The molecule has 0 N–H and O–H groups in total. The molecule has 4 rings (SSSR count). The summed E-state index contributed by atoms with van der Waals surface area (Å²) in [6, 6.07) is 0. The highest BCUT2D eigenvalue weighted by Gasteiger charge is 2.58. The molecular formula is C33H54. The third-order valence-electron chi connectivity index (χ3n) is 11.3. The first-order valence-electron chi connectivity index (χ1n) is 14.8. The monoisotopic (exact) mass is 450 g/mol. The van der Waals surface area contributed by atoms with E-state index in [1.54, 1.807) is 0 Å². The number of fused-ring (bicyclic) bond motifs is 5. The maximum absolute atomic E-state index is 3.86. The molecule has 0 aromatic rings. The highest BCUT2D eigenvalue weighted by molar-refractivity contribution is 5.26. The second-order valence-corrected chi connectivity index (χ2v) is 13.6. The molecule has 4 aliphatic carbocycles. The normalized spacial score (nSPS) is 41.4. The summed E-state index contributed by atoms with van der Waals surface area (Å²) < 4.78 is 0. The summed E-state index contributed by atoms with van der Waals surface area (Å²) >= 11 is 0. The van der Waals surface area contributed by atoms with Gasteiger partial charge >= 0.3 is 0 Å². The zero-order valence-corrected chi connectivity index (χ0v) is 22.8. The fourth-order valence-corrected chi connectivity index (χ4v) is 9.38. The summed E-state index contributed by atoms with van der Waals surface area (Å²) in [5.41, 5.74) is 2.95. The molecule has 0 nitrogen and oxygen atoms in total. The summed E-state index contributed by atoms with van der Waals surface area (Å²) in [6.45, 7) is 16.7. The molecule has 0 amide bonds. The van der Waals surface area contributed by atoms with Crippen LogP contribution >= 0.6 is 0 Å². The van der Waals surface area contributed by atoms with E-state index in [9.17, 15) is 0 Å². The SMILES string of the molecule is C=CCC/C=C/[C@H]1CC[C@@]2(C)C(=CC[C@H]3[C@@H]4CC[C@H]([C@H](C)CCCC(C)C)[C@@]4(C)CC[C@@H]32)C1. The van der Waals surface area contributed by atoms with Gasteiger partial charge < -0.3 is 0 Å². The molecule has 0 aromatic heterocycles. The van der Waals surface area contributed by atoms with Crippen LogP contribution in [0.4, 0.5) is 0 Å². The Morgan fingerprint density at radius 1 is 1.00 bits per heavy atom. The maximum atomic E-state index is 3.86. The highest BCUT2D eigenvalue weighted by Crippen LogP contribution is 2.67. The van der Waals surface area contributed by atoms with E-state index >= 15 is 0 Å². The van der Waals surface area contributed by atoms with Crippen molar-refractivity contribution in [3.63, 3.8) is 0 Å². The van der Waals surface area contributed by atoms with Crippen LogP contribution in [0, 0.1) is 52.3 Å². The second-order valence-electron chi connectivity index (χ2n) is 13.6. The maximum Gasteiger partial charge on any atom is -0.00849 e. The topological polar surface area (TPSA) is 0 Å². The van der Waals surface area contributed by atoms with Crippen molar-refractivity contribution < 1.29 is 0 Å². The van der Waals surface area contributed by atoms with Crippen molar-refractivity contribution in [1.29, 1.82) is 0 Å². The Kier molecular flexibility index (Phi) is 8.02. The van der Waals surface area contributed by atoms with Crippen LogP contribution in [-0.2, 0) is 0 Å². The van der Waals surface area contributed by atoms with Gasteiger partial charge in [0, 0.05) is 0 Å². The van der Waals surface area contributed by atoms with Crippen LogP contribution in [0.5, 0.6) is 0 Å². The Bertz CT molecular complexity index is 724. The second kappa shape index (κ2) is 10.5. The molecular weight excluding hydrogens is 396 g/mol. The Balaban J connectivity index is 1.43. The van der Waals surface area contributed by atoms with Gasteiger partial charge in [0.15, 0.2) is 0 Å². The van der Waals surface area contributed by atoms with Crippen LogP contribution in [0.15, 0.2) is 36.5 Å². The molecule has 0 aliphatic heterocycles. The van der Waals surface area contributed by atoms with E-state index in [-0.39, 0.29) is 0 Å². The molecule has 0 spiro atoms. The minimum absolute atomic E-state index is 0.497. The molecule has 4 aliphatic rings. The van der Waals surface area contributed by atoms with Crippen LogP contribution in [0.25, 0.3) is 0 Å². The first kappa shape index (κ1) is 25.3. The van der Waals surface area contributed by atoms with Crippen LogP contribution in [0.1, 0.15) is 118 Å². The van der Waals surface area contributed by atoms with E-state index < -0.39 is 0 Å². The Hall–Kier alpha value is -0.780.